The molecule has 0 aliphatic rings. The van der Waals surface area contributed by atoms with Gasteiger partial charge in [-0.25, -0.2) is 0 Å². The van der Waals surface area contributed by atoms with E-state index in [2.05, 4.69) is 24.3 Å². The summed E-state index contributed by atoms with van der Waals surface area (Å²) < 4.78 is 5.61. The van der Waals surface area contributed by atoms with E-state index < -0.39 is 0 Å². The van der Waals surface area contributed by atoms with Gasteiger partial charge in [0.1, 0.15) is 0 Å². The quantitative estimate of drug-likeness (QED) is 0.751. The van der Waals surface area contributed by atoms with Crippen molar-refractivity contribution in [1.29, 1.82) is 0 Å². The van der Waals surface area contributed by atoms with Crippen LogP contribution in [0.4, 0.5) is 0 Å². The van der Waals surface area contributed by atoms with E-state index in [0.717, 1.165) is 0 Å². The number of ether oxygens (including phenoxy) is 1. The molecule has 0 heterocycles. The Labute approximate surface area is 111 Å². The Morgan fingerprint density at radius 1 is 0.625 bits per heavy atom. The summed E-state index contributed by atoms with van der Waals surface area (Å²) in [5, 5.41) is 0. The van der Waals surface area contributed by atoms with E-state index in [4.69, 9.17) is 4.74 Å². The van der Waals surface area contributed by atoms with Crippen molar-refractivity contribution < 1.29 is 26.5 Å². The fourth-order valence-corrected chi connectivity index (χ4v) is 1.44. The Morgan fingerprint density at radius 2 is 1.00 bits per heavy atom. The molecule has 2 heteroatoms. The van der Waals surface area contributed by atoms with Crippen molar-refractivity contribution in [1.82, 2.24) is 0 Å². The van der Waals surface area contributed by atoms with E-state index in [1.54, 1.807) is 0 Å². The van der Waals surface area contributed by atoms with Crippen molar-refractivity contribution in [3.8, 4) is 0 Å². The molecule has 0 saturated carbocycles. The average Bonchev–Trinajstić information content (AvgIpc) is 2.32. The van der Waals surface area contributed by atoms with E-state index in [0.29, 0.717) is 13.2 Å². The van der Waals surface area contributed by atoms with Crippen molar-refractivity contribution in [2.24, 2.45) is 0 Å². The smallest absolute Gasteiger partial charge is 0.0721 e. The maximum absolute atomic E-state index is 5.61. The Balaban J connectivity index is 0.00000128. The molecule has 0 bridgehead atoms. The van der Waals surface area contributed by atoms with E-state index in [1.807, 2.05) is 36.4 Å². The molecule has 0 aromatic heterocycles. The van der Waals surface area contributed by atoms with Gasteiger partial charge in [-0.15, -0.1) is 0 Å². The molecule has 0 amide bonds. The Kier molecular flexibility index (Phi) is 6.09. The second kappa shape index (κ2) is 7.40. The molecule has 0 N–H and O–H groups in total. The minimum atomic E-state index is 0. The summed E-state index contributed by atoms with van der Waals surface area (Å²) >= 11 is 0. The van der Waals surface area contributed by atoms with Gasteiger partial charge in [0, 0.05) is 21.7 Å². The summed E-state index contributed by atoms with van der Waals surface area (Å²) in [5.74, 6) is 0. The molecule has 0 unspecified atom stereocenters. The largest absolute Gasteiger partial charge is 0.372 e. The van der Waals surface area contributed by atoms with E-state index >= 15 is 0 Å². The molecule has 16 heavy (non-hydrogen) atoms. The molecule has 80 valence electrons. The SMILES string of the molecule is [Ti].c1ccc(COCc2ccccc2)cc1. The number of hydrogen-bond donors (Lipinski definition) is 0. The van der Waals surface area contributed by atoms with Gasteiger partial charge < -0.3 is 4.74 Å². The van der Waals surface area contributed by atoms with Gasteiger partial charge in [-0.1, -0.05) is 60.7 Å². The summed E-state index contributed by atoms with van der Waals surface area (Å²) in [6.45, 7) is 1.35. The summed E-state index contributed by atoms with van der Waals surface area (Å²) in [6, 6.07) is 20.4. The normalized spacial score (nSPS) is 9.50. The summed E-state index contributed by atoms with van der Waals surface area (Å²) in [6.07, 6.45) is 0. The van der Waals surface area contributed by atoms with Crippen LogP contribution in [-0.2, 0) is 39.7 Å². The first-order valence-corrected chi connectivity index (χ1v) is 5.11. The van der Waals surface area contributed by atoms with Crippen LogP contribution in [0.15, 0.2) is 60.7 Å². The van der Waals surface area contributed by atoms with E-state index in [-0.39, 0.29) is 21.7 Å². The zero-order chi connectivity index (χ0) is 10.3. The molecule has 2 rings (SSSR count). The van der Waals surface area contributed by atoms with Crippen molar-refractivity contribution in [3.05, 3.63) is 71.8 Å². The second-order valence-corrected chi connectivity index (χ2v) is 3.46. The molecule has 0 spiro atoms. The predicted molar refractivity (Wildman–Crippen MR) is 61.4 cm³/mol. The van der Waals surface area contributed by atoms with Gasteiger partial charge in [0.2, 0.25) is 0 Å². The second-order valence-electron chi connectivity index (χ2n) is 3.46. The molecule has 0 atom stereocenters. The first kappa shape index (κ1) is 13.2. The number of benzene rings is 2. The first-order chi connectivity index (χ1) is 7.45. The van der Waals surface area contributed by atoms with Crippen molar-refractivity contribution in [2.45, 2.75) is 13.2 Å². The van der Waals surface area contributed by atoms with Gasteiger partial charge in [0.25, 0.3) is 0 Å². The molecule has 1 nitrogen and oxygen atoms in total. The molecule has 2 aromatic rings. The molecule has 0 aliphatic carbocycles. The third kappa shape index (κ3) is 4.32. The van der Waals surface area contributed by atoms with Crippen LogP contribution in [0, 0.1) is 0 Å². The zero-order valence-electron chi connectivity index (χ0n) is 9.10. The van der Waals surface area contributed by atoms with Gasteiger partial charge >= 0.3 is 0 Å². The van der Waals surface area contributed by atoms with Crippen LogP contribution in [0.2, 0.25) is 0 Å². The fraction of sp³-hybridized carbons (Fsp3) is 0.143. The monoisotopic (exact) mass is 246 g/mol. The van der Waals surface area contributed by atoms with Crippen LogP contribution in [0.25, 0.3) is 0 Å². The molecular formula is C14H14OTi. The predicted octanol–water partition coefficient (Wildman–Crippen LogP) is 3.40. The standard InChI is InChI=1S/C14H14O.Ti/c1-3-7-13(8-4-1)11-15-12-14-9-5-2-6-10-14;/h1-10H,11-12H2;. The molecule has 0 aliphatic heterocycles. The minimum Gasteiger partial charge on any atom is -0.372 e. The van der Waals surface area contributed by atoms with E-state index in [9.17, 15) is 0 Å². The van der Waals surface area contributed by atoms with E-state index in [1.165, 1.54) is 11.1 Å². The molecule has 0 saturated heterocycles. The average molecular weight is 246 g/mol. The number of rotatable bonds is 4. The fourth-order valence-electron chi connectivity index (χ4n) is 1.44. The Hall–Kier alpha value is -0.886. The third-order valence-electron chi connectivity index (χ3n) is 2.22. The topological polar surface area (TPSA) is 9.23 Å². The van der Waals surface area contributed by atoms with Gasteiger partial charge in [-0.05, 0) is 11.1 Å². The van der Waals surface area contributed by atoms with Crippen molar-refractivity contribution in [3.63, 3.8) is 0 Å². The van der Waals surface area contributed by atoms with Crippen LogP contribution >= 0.6 is 0 Å². The van der Waals surface area contributed by atoms with Gasteiger partial charge in [-0.2, -0.15) is 0 Å². The molecular weight excluding hydrogens is 232 g/mol. The minimum absolute atomic E-state index is 0. The van der Waals surface area contributed by atoms with Crippen molar-refractivity contribution in [2.75, 3.05) is 0 Å². The van der Waals surface area contributed by atoms with Gasteiger partial charge in [-0.3, -0.25) is 0 Å². The van der Waals surface area contributed by atoms with Crippen molar-refractivity contribution >= 4 is 0 Å². The summed E-state index contributed by atoms with van der Waals surface area (Å²) in [7, 11) is 0. The molecule has 0 radical (unpaired) electrons. The molecule has 0 fully saturated rings. The van der Waals surface area contributed by atoms with Crippen LogP contribution in [0.1, 0.15) is 11.1 Å². The van der Waals surface area contributed by atoms with Gasteiger partial charge in [0.05, 0.1) is 13.2 Å². The molecule has 2 aromatic carbocycles. The van der Waals surface area contributed by atoms with Crippen LogP contribution in [0.3, 0.4) is 0 Å². The van der Waals surface area contributed by atoms with Crippen LogP contribution in [-0.4, -0.2) is 0 Å². The van der Waals surface area contributed by atoms with Gasteiger partial charge in [0.15, 0.2) is 0 Å². The first-order valence-electron chi connectivity index (χ1n) is 5.11. The summed E-state index contributed by atoms with van der Waals surface area (Å²) in [4.78, 5) is 0. The maximum Gasteiger partial charge on any atom is 0.0721 e. The van der Waals surface area contributed by atoms with Crippen LogP contribution in [0.5, 0.6) is 0 Å². The maximum atomic E-state index is 5.61. The zero-order valence-corrected chi connectivity index (χ0v) is 10.7. The Morgan fingerprint density at radius 3 is 1.38 bits per heavy atom. The Bertz CT molecular complexity index is 346. The number of hydrogen-bond acceptors (Lipinski definition) is 1. The third-order valence-corrected chi connectivity index (χ3v) is 2.22. The van der Waals surface area contributed by atoms with Crippen LogP contribution < -0.4 is 0 Å². The summed E-state index contributed by atoms with van der Waals surface area (Å²) in [5.41, 5.74) is 2.43.